The second-order valence-electron chi connectivity index (χ2n) is 3.67. The zero-order valence-corrected chi connectivity index (χ0v) is 8.85. The summed E-state index contributed by atoms with van der Waals surface area (Å²) < 4.78 is 1.54. The zero-order valence-electron chi connectivity index (χ0n) is 8.85. The maximum absolute atomic E-state index is 10.7. The third-order valence-corrected chi connectivity index (χ3v) is 2.09. The van der Waals surface area contributed by atoms with Gasteiger partial charge in [-0.1, -0.05) is 13.8 Å². The number of aryl methyl sites for hydroxylation is 1. The molecule has 0 fully saturated rings. The summed E-state index contributed by atoms with van der Waals surface area (Å²) in [4.78, 5) is 15.0. The first-order valence-corrected chi connectivity index (χ1v) is 4.57. The number of carboxylic acids is 1. The van der Waals surface area contributed by atoms with E-state index in [1.54, 1.807) is 14.0 Å². The van der Waals surface area contributed by atoms with Crippen LogP contribution in [-0.4, -0.2) is 25.8 Å². The van der Waals surface area contributed by atoms with Crippen LogP contribution in [0.5, 0.6) is 0 Å². The summed E-state index contributed by atoms with van der Waals surface area (Å²) in [6.07, 6.45) is 0. The first kappa shape index (κ1) is 10.7. The van der Waals surface area contributed by atoms with E-state index in [-0.39, 0.29) is 5.92 Å². The Morgan fingerprint density at radius 2 is 2.00 bits per heavy atom. The fourth-order valence-electron chi connectivity index (χ4n) is 1.15. The largest absolute Gasteiger partial charge is 0.481 e. The number of hydrogen-bond acceptors (Lipinski definition) is 3. The van der Waals surface area contributed by atoms with Gasteiger partial charge in [-0.2, -0.15) is 5.10 Å². The highest BCUT2D eigenvalue weighted by atomic mass is 16.4. The quantitative estimate of drug-likeness (QED) is 0.788. The molecule has 0 saturated heterocycles. The lowest BCUT2D eigenvalue weighted by atomic mass is 10.1. The van der Waals surface area contributed by atoms with E-state index in [2.05, 4.69) is 10.1 Å². The van der Waals surface area contributed by atoms with Crippen LogP contribution in [0.1, 0.15) is 44.3 Å². The van der Waals surface area contributed by atoms with Crippen molar-refractivity contribution in [3.05, 3.63) is 11.6 Å². The molecule has 0 amide bonds. The van der Waals surface area contributed by atoms with E-state index in [0.29, 0.717) is 11.6 Å². The third-order valence-electron chi connectivity index (χ3n) is 2.09. The molecule has 0 aliphatic rings. The highest BCUT2D eigenvalue weighted by Crippen LogP contribution is 2.16. The van der Waals surface area contributed by atoms with Crippen molar-refractivity contribution >= 4 is 5.97 Å². The summed E-state index contributed by atoms with van der Waals surface area (Å²) in [5, 5.41) is 13.0. The van der Waals surface area contributed by atoms with E-state index in [0.717, 1.165) is 0 Å². The Labute approximate surface area is 82.8 Å². The third kappa shape index (κ3) is 1.92. The van der Waals surface area contributed by atoms with Crippen LogP contribution in [0.25, 0.3) is 0 Å². The van der Waals surface area contributed by atoms with E-state index in [1.807, 2.05) is 13.8 Å². The molecule has 1 unspecified atom stereocenters. The molecule has 5 heteroatoms. The molecule has 14 heavy (non-hydrogen) atoms. The summed E-state index contributed by atoms with van der Waals surface area (Å²) >= 11 is 0. The minimum absolute atomic E-state index is 0.218. The maximum Gasteiger partial charge on any atom is 0.313 e. The number of carbonyl (C=O) groups is 1. The lowest BCUT2D eigenvalue weighted by molar-refractivity contribution is -0.138. The molecular formula is C9H15N3O2. The van der Waals surface area contributed by atoms with Crippen molar-refractivity contribution in [2.24, 2.45) is 7.05 Å². The molecule has 1 rings (SSSR count). The molecule has 1 heterocycles. The SMILES string of the molecule is CC(C)c1nc(C(C)C(=O)O)n(C)n1. The van der Waals surface area contributed by atoms with Crippen molar-refractivity contribution in [3.8, 4) is 0 Å². The van der Waals surface area contributed by atoms with Crippen LogP contribution in [0.15, 0.2) is 0 Å². The standard InChI is InChI=1S/C9H15N3O2/c1-5(2)7-10-8(12(4)11-7)6(3)9(13)14/h5-6H,1-4H3,(H,13,14). The van der Waals surface area contributed by atoms with Crippen molar-refractivity contribution in [3.63, 3.8) is 0 Å². The molecule has 1 atom stereocenters. The highest BCUT2D eigenvalue weighted by Gasteiger charge is 2.21. The number of rotatable bonds is 3. The second-order valence-corrected chi connectivity index (χ2v) is 3.67. The van der Waals surface area contributed by atoms with E-state index in [4.69, 9.17) is 5.11 Å². The Morgan fingerprint density at radius 1 is 1.43 bits per heavy atom. The molecule has 0 radical (unpaired) electrons. The predicted octanol–water partition coefficient (Wildman–Crippen LogP) is 1.13. The number of carboxylic acid groups (broad SMARTS) is 1. The Morgan fingerprint density at radius 3 is 2.36 bits per heavy atom. The van der Waals surface area contributed by atoms with Crippen molar-refractivity contribution < 1.29 is 9.90 Å². The Kier molecular flexibility index (Phi) is 2.88. The molecule has 0 bridgehead atoms. The van der Waals surface area contributed by atoms with Crippen LogP contribution in [0, 0.1) is 0 Å². The van der Waals surface area contributed by atoms with E-state index < -0.39 is 11.9 Å². The fourth-order valence-corrected chi connectivity index (χ4v) is 1.15. The first-order valence-electron chi connectivity index (χ1n) is 4.57. The van der Waals surface area contributed by atoms with Gasteiger partial charge in [-0.3, -0.25) is 9.48 Å². The average molecular weight is 197 g/mol. The Balaban J connectivity index is 3.04. The monoisotopic (exact) mass is 197 g/mol. The molecule has 0 aliphatic heterocycles. The lowest BCUT2D eigenvalue weighted by Gasteiger charge is -2.03. The minimum Gasteiger partial charge on any atom is -0.481 e. The Hall–Kier alpha value is -1.39. The number of aromatic nitrogens is 3. The van der Waals surface area contributed by atoms with Crippen LogP contribution in [0.2, 0.25) is 0 Å². The van der Waals surface area contributed by atoms with Gasteiger partial charge in [-0.15, -0.1) is 0 Å². The maximum atomic E-state index is 10.7. The fraction of sp³-hybridized carbons (Fsp3) is 0.667. The van der Waals surface area contributed by atoms with Gasteiger partial charge < -0.3 is 5.11 Å². The number of aliphatic carboxylic acids is 1. The molecule has 5 nitrogen and oxygen atoms in total. The summed E-state index contributed by atoms with van der Waals surface area (Å²) in [6, 6.07) is 0. The molecule has 0 aromatic carbocycles. The van der Waals surface area contributed by atoms with Crippen molar-refractivity contribution in [1.29, 1.82) is 0 Å². The van der Waals surface area contributed by atoms with Crippen molar-refractivity contribution in [2.45, 2.75) is 32.6 Å². The average Bonchev–Trinajstić information content (AvgIpc) is 2.46. The molecule has 78 valence electrons. The predicted molar refractivity (Wildman–Crippen MR) is 51.1 cm³/mol. The molecule has 0 spiro atoms. The molecule has 1 aromatic rings. The van der Waals surface area contributed by atoms with Gasteiger partial charge in [0.1, 0.15) is 11.7 Å². The van der Waals surface area contributed by atoms with Gasteiger partial charge in [0.15, 0.2) is 5.82 Å². The topological polar surface area (TPSA) is 68.0 Å². The molecule has 0 aliphatic carbocycles. The van der Waals surface area contributed by atoms with Gasteiger partial charge in [-0.25, -0.2) is 4.98 Å². The number of hydrogen-bond donors (Lipinski definition) is 1. The van der Waals surface area contributed by atoms with E-state index in [1.165, 1.54) is 4.68 Å². The van der Waals surface area contributed by atoms with Gasteiger partial charge in [0, 0.05) is 13.0 Å². The first-order chi connectivity index (χ1) is 6.43. The van der Waals surface area contributed by atoms with Crippen LogP contribution in [0.3, 0.4) is 0 Å². The van der Waals surface area contributed by atoms with Crippen LogP contribution < -0.4 is 0 Å². The molecule has 1 N–H and O–H groups in total. The summed E-state index contributed by atoms with van der Waals surface area (Å²) in [5.41, 5.74) is 0. The van der Waals surface area contributed by atoms with Crippen LogP contribution in [0.4, 0.5) is 0 Å². The second kappa shape index (κ2) is 3.77. The molecular weight excluding hydrogens is 182 g/mol. The minimum atomic E-state index is -0.879. The van der Waals surface area contributed by atoms with Crippen LogP contribution >= 0.6 is 0 Å². The lowest BCUT2D eigenvalue weighted by Crippen LogP contribution is -2.13. The van der Waals surface area contributed by atoms with Gasteiger partial charge in [-0.05, 0) is 6.92 Å². The summed E-state index contributed by atoms with van der Waals surface area (Å²) in [5.74, 6) is -0.0800. The van der Waals surface area contributed by atoms with E-state index >= 15 is 0 Å². The summed E-state index contributed by atoms with van der Waals surface area (Å²) in [6.45, 7) is 5.56. The number of nitrogens with zero attached hydrogens (tertiary/aromatic N) is 3. The van der Waals surface area contributed by atoms with Gasteiger partial charge in [0.25, 0.3) is 0 Å². The zero-order chi connectivity index (χ0) is 10.9. The highest BCUT2D eigenvalue weighted by molar-refractivity contribution is 5.74. The normalized spacial score (nSPS) is 13.2. The van der Waals surface area contributed by atoms with E-state index in [9.17, 15) is 4.79 Å². The van der Waals surface area contributed by atoms with Crippen molar-refractivity contribution in [2.75, 3.05) is 0 Å². The summed E-state index contributed by atoms with van der Waals surface area (Å²) in [7, 11) is 1.72. The van der Waals surface area contributed by atoms with Crippen LogP contribution in [-0.2, 0) is 11.8 Å². The smallest absolute Gasteiger partial charge is 0.313 e. The van der Waals surface area contributed by atoms with Gasteiger partial charge in [0.2, 0.25) is 0 Å². The Bertz CT molecular complexity index is 344. The van der Waals surface area contributed by atoms with Crippen molar-refractivity contribution in [1.82, 2.24) is 14.8 Å². The molecule has 0 saturated carbocycles. The van der Waals surface area contributed by atoms with Gasteiger partial charge >= 0.3 is 5.97 Å². The molecule has 1 aromatic heterocycles. The van der Waals surface area contributed by atoms with Gasteiger partial charge in [0.05, 0.1) is 0 Å².